The molecular weight excluding hydrogens is 244 g/mol. The molecular formula is C15H17ClN2. The highest BCUT2D eigenvalue weighted by molar-refractivity contribution is 6.35. The highest BCUT2D eigenvalue weighted by atomic mass is 35.5. The maximum absolute atomic E-state index is 6.25. The molecule has 1 atom stereocenters. The molecule has 0 saturated carbocycles. The lowest BCUT2D eigenvalue weighted by Gasteiger charge is -2.28. The van der Waals surface area contributed by atoms with Crippen molar-refractivity contribution >= 4 is 22.5 Å². The topological polar surface area (TPSA) is 24.9 Å². The second-order valence-electron chi connectivity index (χ2n) is 5.53. The van der Waals surface area contributed by atoms with E-state index < -0.39 is 0 Å². The van der Waals surface area contributed by atoms with Gasteiger partial charge in [0.25, 0.3) is 0 Å². The number of hydrogen-bond donors (Lipinski definition) is 1. The van der Waals surface area contributed by atoms with Crippen LogP contribution in [0.5, 0.6) is 0 Å². The monoisotopic (exact) mass is 260 g/mol. The Morgan fingerprint density at radius 3 is 2.89 bits per heavy atom. The molecule has 1 N–H and O–H groups in total. The molecule has 0 aliphatic carbocycles. The van der Waals surface area contributed by atoms with Crippen LogP contribution in [0.4, 0.5) is 0 Å². The number of aromatic nitrogens is 1. The van der Waals surface area contributed by atoms with Crippen LogP contribution in [-0.4, -0.2) is 17.1 Å². The van der Waals surface area contributed by atoms with Gasteiger partial charge in [-0.1, -0.05) is 17.7 Å². The normalized spacial score (nSPS) is 22.5. The SMILES string of the molecule is CC1(C)NCCC1c1ccc(Cl)c2cccnc12. The van der Waals surface area contributed by atoms with E-state index >= 15 is 0 Å². The molecule has 1 fully saturated rings. The predicted octanol–water partition coefficient (Wildman–Crippen LogP) is 3.74. The molecule has 2 aromatic rings. The van der Waals surface area contributed by atoms with E-state index in [0.29, 0.717) is 5.92 Å². The fourth-order valence-electron chi connectivity index (χ4n) is 3.01. The Morgan fingerprint density at radius 2 is 2.17 bits per heavy atom. The van der Waals surface area contributed by atoms with E-state index in [0.717, 1.165) is 28.9 Å². The average Bonchev–Trinajstić information content (AvgIpc) is 2.70. The van der Waals surface area contributed by atoms with E-state index in [1.807, 2.05) is 24.4 Å². The molecule has 0 radical (unpaired) electrons. The molecule has 1 aromatic carbocycles. The van der Waals surface area contributed by atoms with Crippen LogP contribution in [0.25, 0.3) is 10.9 Å². The van der Waals surface area contributed by atoms with Gasteiger partial charge < -0.3 is 5.32 Å². The number of hydrogen-bond acceptors (Lipinski definition) is 2. The number of pyridine rings is 1. The molecule has 1 saturated heterocycles. The Labute approximate surface area is 112 Å². The van der Waals surface area contributed by atoms with Crippen LogP contribution in [0.15, 0.2) is 30.5 Å². The maximum atomic E-state index is 6.25. The minimum atomic E-state index is 0.123. The number of nitrogens with zero attached hydrogens (tertiary/aromatic N) is 1. The van der Waals surface area contributed by atoms with Gasteiger partial charge in [-0.3, -0.25) is 4.98 Å². The van der Waals surface area contributed by atoms with Gasteiger partial charge in [0, 0.05) is 28.1 Å². The van der Waals surface area contributed by atoms with E-state index in [2.05, 4.69) is 30.2 Å². The van der Waals surface area contributed by atoms with Gasteiger partial charge in [0.1, 0.15) is 0 Å². The summed E-state index contributed by atoms with van der Waals surface area (Å²) in [6, 6.07) is 8.12. The summed E-state index contributed by atoms with van der Waals surface area (Å²) < 4.78 is 0. The first-order valence-electron chi connectivity index (χ1n) is 6.38. The van der Waals surface area contributed by atoms with Gasteiger partial charge in [0.15, 0.2) is 0 Å². The third-order valence-electron chi connectivity index (χ3n) is 4.01. The number of nitrogens with one attached hydrogen (secondary N) is 1. The molecule has 0 spiro atoms. The second kappa shape index (κ2) is 4.22. The fourth-order valence-corrected chi connectivity index (χ4v) is 3.22. The van der Waals surface area contributed by atoms with Crippen LogP contribution in [-0.2, 0) is 0 Å². The third-order valence-corrected chi connectivity index (χ3v) is 4.34. The van der Waals surface area contributed by atoms with Crippen molar-refractivity contribution in [3.8, 4) is 0 Å². The molecule has 2 nitrogen and oxygen atoms in total. The predicted molar refractivity (Wildman–Crippen MR) is 76.2 cm³/mol. The average molecular weight is 261 g/mol. The molecule has 0 bridgehead atoms. The molecule has 1 aliphatic heterocycles. The largest absolute Gasteiger partial charge is 0.311 e. The van der Waals surface area contributed by atoms with Crippen LogP contribution in [0.1, 0.15) is 31.7 Å². The summed E-state index contributed by atoms with van der Waals surface area (Å²) >= 11 is 6.25. The minimum absolute atomic E-state index is 0.123. The van der Waals surface area contributed by atoms with Gasteiger partial charge in [-0.25, -0.2) is 0 Å². The highest BCUT2D eigenvalue weighted by Gasteiger charge is 2.36. The summed E-state index contributed by atoms with van der Waals surface area (Å²) in [4.78, 5) is 4.54. The van der Waals surface area contributed by atoms with E-state index in [-0.39, 0.29) is 5.54 Å². The van der Waals surface area contributed by atoms with Crippen molar-refractivity contribution in [1.82, 2.24) is 10.3 Å². The molecule has 18 heavy (non-hydrogen) atoms. The zero-order valence-electron chi connectivity index (χ0n) is 10.7. The van der Waals surface area contributed by atoms with Crippen LogP contribution in [0.2, 0.25) is 5.02 Å². The fraction of sp³-hybridized carbons (Fsp3) is 0.400. The van der Waals surface area contributed by atoms with Crippen molar-refractivity contribution in [3.05, 3.63) is 41.0 Å². The third kappa shape index (κ3) is 1.80. The Bertz CT molecular complexity index is 592. The first-order valence-corrected chi connectivity index (χ1v) is 6.75. The maximum Gasteiger partial charge on any atom is 0.0752 e. The quantitative estimate of drug-likeness (QED) is 0.845. The van der Waals surface area contributed by atoms with Crippen molar-refractivity contribution in [3.63, 3.8) is 0 Å². The Hall–Kier alpha value is -1.12. The molecule has 3 rings (SSSR count). The summed E-state index contributed by atoms with van der Waals surface area (Å²) in [7, 11) is 0. The van der Waals surface area contributed by atoms with Crippen LogP contribution in [0, 0.1) is 0 Å². The van der Waals surface area contributed by atoms with Crippen molar-refractivity contribution in [2.45, 2.75) is 31.7 Å². The first-order chi connectivity index (χ1) is 8.59. The van der Waals surface area contributed by atoms with Crippen molar-refractivity contribution in [2.24, 2.45) is 0 Å². The van der Waals surface area contributed by atoms with Crippen LogP contribution in [0.3, 0.4) is 0 Å². The minimum Gasteiger partial charge on any atom is -0.311 e. The van der Waals surface area contributed by atoms with Gasteiger partial charge >= 0.3 is 0 Å². The molecule has 94 valence electrons. The smallest absolute Gasteiger partial charge is 0.0752 e. The summed E-state index contributed by atoms with van der Waals surface area (Å²) in [5.41, 5.74) is 2.48. The zero-order valence-corrected chi connectivity index (χ0v) is 11.5. The summed E-state index contributed by atoms with van der Waals surface area (Å²) in [5.74, 6) is 0.493. The molecule has 1 unspecified atom stereocenters. The lowest BCUT2D eigenvalue weighted by molar-refractivity contribution is 0.412. The van der Waals surface area contributed by atoms with Crippen molar-refractivity contribution in [1.29, 1.82) is 0 Å². The Morgan fingerprint density at radius 1 is 1.33 bits per heavy atom. The standard InChI is InChI=1S/C15H17ClN2/c1-15(2)12(7-9-18-15)10-5-6-13(16)11-4-3-8-17-14(10)11/h3-6,8,12,18H,7,9H2,1-2H3. The summed E-state index contributed by atoms with van der Waals surface area (Å²) in [5, 5.41) is 5.40. The number of halogens is 1. The lowest BCUT2D eigenvalue weighted by Crippen LogP contribution is -2.36. The van der Waals surface area contributed by atoms with E-state index in [1.165, 1.54) is 5.56 Å². The molecule has 1 aromatic heterocycles. The number of rotatable bonds is 1. The van der Waals surface area contributed by atoms with Gasteiger partial charge in [-0.05, 0) is 50.6 Å². The van der Waals surface area contributed by atoms with Gasteiger partial charge in [0.2, 0.25) is 0 Å². The lowest BCUT2D eigenvalue weighted by atomic mass is 9.82. The van der Waals surface area contributed by atoms with E-state index in [4.69, 9.17) is 11.6 Å². The van der Waals surface area contributed by atoms with Gasteiger partial charge in [0.05, 0.1) is 5.52 Å². The molecule has 3 heteroatoms. The molecule has 1 aliphatic rings. The first kappa shape index (κ1) is 11.9. The van der Waals surface area contributed by atoms with Crippen LogP contribution >= 0.6 is 11.6 Å². The van der Waals surface area contributed by atoms with Crippen molar-refractivity contribution < 1.29 is 0 Å². The molecule has 2 heterocycles. The van der Waals surface area contributed by atoms with Crippen LogP contribution < -0.4 is 5.32 Å². The number of fused-ring (bicyclic) bond motifs is 1. The van der Waals surface area contributed by atoms with Crippen molar-refractivity contribution in [2.75, 3.05) is 6.54 Å². The summed E-state index contributed by atoms with van der Waals surface area (Å²) in [6.07, 6.45) is 3.00. The highest BCUT2D eigenvalue weighted by Crippen LogP contribution is 2.39. The van der Waals surface area contributed by atoms with E-state index in [1.54, 1.807) is 0 Å². The van der Waals surface area contributed by atoms with Gasteiger partial charge in [-0.2, -0.15) is 0 Å². The zero-order chi connectivity index (χ0) is 12.8. The molecule has 0 amide bonds. The number of benzene rings is 1. The Balaban J connectivity index is 2.21. The second-order valence-corrected chi connectivity index (χ2v) is 5.93. The van der Waals surface area contributed by atoms with Gasteiger partial charge in [-0.15, -0.1) is 0 Å². The van der Waals surface area contributed by atoms with E-state index in [9.17, 15) is 0 Å². The summed E-state index contributed by atoms with van der Waals surface area (Å²) in [6.45, 7) is 5.58. The Kier molecular flexibility index (Phi) is 2.80.